The summed E-state index contributed by atoms with van der Waals surface area (Å²) >= 11 is 3.38. The van der Waals surface area contributed by atoms with Crippen molar-refractivity contribution in [3.05, 3.63) is 52.9 Å². The topological polar surface area (TPSA) is 73.3 Å². The van der Waals surface area contributed by atoms with Gasteiger partial charge in [0.1, 0.15) is 11.5 Å². The summed E-state index contributed by atoms with van der Waals surface area (Å²) < 4.78 is 11.1. The maximum atomic E-state index is 12.4. The van der Waals surface area contributed by atoms with Gasteiger partial charge in [0.05, 0.1) is 24.2 Å². The fourth-order valence-corrected chi connectivity index (χ4v) is 2.71. The summed E-state index contributed by atoms with van der Waals surface area (Å²) in [5.74, 6) is 1.05. The summed E-state index contributed by atoms with van der Waals surface area (Å²) in [6.45, 7) is 0. The predicted molar refractivity (Wildman–Crippen MR) is 94.7 cm³/mol. The third-order valence-corrected chi connectivity index (χ3v) is 4.02. The number of carbonyl (C=O) groups excluding carboxylic acids is 1. The molecule has 2 aromatic carbocycles. The van der Waals surface area contributed by atoms with E-state index in [-0.39, 0.29) is 5.82 Å². The van der Waals surface area contributed by atoms with Crippen molar-refractivity contribution in [3.63, 3.8) is 0 Å². The van der Waals surface area contributed by atoms with Gasteiger partial charge in [-0.3, -0.25) is 4.79 Å². The molecule has 24 heavy (non-hydrogen) atoms. The van der Waals surface area contributed by atoms with Crippen LogP contribution < -0.4 is 14.8 Å². The van der Waals surface area contributed by atoms with Gasteiger partial charge < -0.3 is 14.8 Å². The molecule has 1 amide bonds. The van der Waals surface area contributed by atoms with Crippen molar-refractivity contribution in [2.45, 2.75) is 0 Å². The Hall–Kier alpha value is -2.67. The maximum absolute atomic E-state index is 12.4. The quantitative estimate of drug-likeness (QED) is 0.739. The lowest BCUT2D eigenvalue weighted by Gasteiger charge is -2.08. The molecule has 0 aliphatic heterocycles. The Labute approximate surface area is 147 Å². The molecule has 0 saturated heterocycles. The first kappa shape index (κ1) is 16.2. The molecular weight excluding hydrogens is 374 g/mol. The van der Waals surface area contributed by atoms with Crippen LogP contribution in [0.5, 0.6) is 11.5 Å². The summed E-state index contributed by atoms with van der Waals surface area (Å²) in [7, 11) is 3.16. The summed E-state index contributed by atoms with van der Waals surface area (Å²) in [6.07, 6.45) is 1.61. The van der Waals surface area contributed by atoms with Crippen LogP contribution in [0.1, 0.15) is 10.6 Å². The second-order valence-electron chi connectivity index (χ2n) is 4.92. The number of amides is 1. The van der Waals surface area contributed by atoms with E-state index in [9.17, 15) is 4.79 Å². The number of fused-ring (bicyclic) bond motifs is 1. The average molecular weight is 388 g/mol. The summed E-state index contributed by atoms with van der Waals surface area (Å²) in [4.78, 5) is 20.8. The van der Waals surface area contributed by atoms with Crippen molar-refractivity contribution in [1.29, 1.82) is 0 Å². The van der Waals surface area contributed by atoms with Gasteiger partial charge in [0.2, 0.25) is 5.82 Å². The highest BCUT2D eigenvalue weighted by molar-refractivity contribution is 9.10. The lowest BCUT2D eigenvalue weighted by atomic mass is 10.2. The number of methoxy groups -OCH3 is 2. The second-order valence-corrected chi connectivity index (χ2v) is 5.78. The van der Waals surface area contributed by atoms with Crippen LogP contribution in [0.25, 0.3) is 10.9 Å². The van der Waals surface area contributed by atoms with Crippen LogP contribution in [0.3, 0.4) is 0 Å². The molecule has 0 aliphatic rings. The molecule has 0 fully saturated rings. The Morgan fingerprint density at radius 2 is 1.96 bits per heavy atom. The van der Waals surface area contributed by atoms with E-state index in [4.69, 9.17) is 9.47 Å². The molecule has 6 nitrogen and oxygen atoms in total. The number of benzene rings is 2. The van der Waals surface area contributed by atoms with Crippen LogP contribution in [0.4, 0.5) is 5.69 Å². The molecule has 1 heterocycles. The van der Waals surface area contributed by atoms with E-state index in [0.29, 0.717) is 22.7 Å². The zero-order valence-corrected chi connectivity index (χ0v) is 14.6. The molecule has 7 heteroatoms. The van der Waals surface area contributed by atoms with Gasteiger partial charge in [-0.15, -0.1) is 0 Å². The second kappa shape index (κ2) is 6.84. The highest BCUT2D eigenvalue weighted by Crippen LogP contribution is 2.28. The van der Waals surface area contributed by atoms with E-state index < -0.39 is 5.91 Å². The summed E-state index contributed by atoms with van der Waals surface area (Å²) in [5.41, 5.74) is 1.26. The monoisotopic (exact) mass is 387 g/mol. The highest BCUT2D eigenvalue weighted by atomic mass is 79.9. The van der Waals surface area contributed by atoms with E-state index in [0.717, 1.165) is 9.86 Å². The zero-order valence-electron chi connectivity index (χ0n) is 13.0. The van der Waals surface area contributed by atoms with Crippen molar-refractivity contribution in [2.24, 2.45) is 0 Å². The molecule has 0 saturated carbocycles. The van der Waals surface area contributed by atoms with Gasteiger partial charge in [-0.05, 0) is 46.3 Å². The van der Waals surface area contributed by atoms with Gasteiger partial charge in [0, 0.05) is 23.3 Å². The predicted octanol–water partition coefficient (Wildman–Crippen LogP) is 3.66. The molecule has 1 N–H and O–H groups in total. The molecule has 0 spiro atoms. The lowest BCUT2D eigenvalue weighted by Crippen LogP contribution is -2.15. The number of hydrogen-bond donors (Lipinski definition) is 1. The Balaban J connectivity index is 1.86. The van der Waals surface area contributed by atoms with Crippen LogP contribution in [0.15, 0.2) is 47.1 Å². The lowest BCUT2D eigenvalue weighted by molar-refractivity contribution is 0.101. The number of anilines is 1. The van der Waals surface area contributed by atoms with Crippen LogP contribution in [0, 0.1) is 0 Å². The molecule has 3 rings (SSSR count). The van der Waals surface area contributed by atoms with Gasteiger partial charge in [-0.2, -0.15) is 0 Å². The first-order valence-electron chi connectivity index (χ1n) is 7.06. The molecule has 0 atom stereocenters. The van der Waals surface area contributed by atoms with E-state index in [1.165, 1.54) is 0 Å². The minimum atomic E-state index is -0.392. The van der Waals surface area contributed by atoms with E-state index in [1.54, 1.807) is 44.7 Å². The Morgan fingerprint density at radius 3 is 2.67 bits per heavy atom. The van der Waals surface area contributed by atoms with Gasteiger partial charge in [-0.25, -0.2) is 9.97 Å². The fourth-order valence-electron chi connectivity index (χ4n) is 2.17. The number of nitrogens with one attached hydrogen (secondary N) is 1. The fraction of sp³-hybridized carbons (Fsp3) is 0.118. The number of ether oxygens (including phenoxy) is 2. The zero-order chi connectivity index (χ0) is 17.1. The van der Waals surface area contributed by atoms with Crippen LogP contribution in [0.2, 0.25) is 0 Å². The smallest absolute Gasteiger partial charge is 0.293 e. The largest absolute Gasteiger partial charge is 0.497 e. The van der Waals surface area contributed by atoms with Crippen molar-refractivity contribution in [3.8, 4) is 11.5 Å². The molecule has 1 aromatic heterocycles. The number of carbonyl (C=O) groups is 1. The third kappa shape index (κ3) is 3.30. The van der Waals surface area contributed by atoms with Gasteiger partial charge in [-0.1, -0.05) is 0 Å². The number of nitrogens with zero attached hydrogens (tertiary/aromatic N) is 2. The maximum Gasteiger partial charge on any atom is 0.293 e. The van der Waals surface area contributed by atoms with E-state index in [1.807, 2.05) is 12.1 Å². The Bertz CT molecular complexity index is 915. The van der Waals surface area contributed by atoms with Crippen molar-refractivity contribution >= 4 is 38.4 Å². The first-order chi connectivity index (χ1) is 11.6. The Kier molecular flexibility index (Phi) is 4.61. The van der Waals surface area contributed by atoms with Crippen LogP contribution in [-0.2, 0) is 0 Å². The Morgan fingerprint density at radius 1 is 1.12 bits per heavy atom. The average Bonchev–Trinajstić information content (AvgIpc) is 2.60. The van der Waals surface area contributed by atoms with Gasteiger partial charge in [0.15, 0.2) is 0 Å². The van der Waals surface area contributed by atoms with E-state index in [2.05, 4.69) is 31.2 Å². The van der Waals surface area contributed by atoms with Gasteiger partial charge >= 0.3 is 0 Å². The molecule has 0 bridgehead atoms. The van der Waals surface area contributed by atoms with Crippen molar-refractivity contribution in [1.82, 2.24) is 9.97 Å². The molecular formula is C17H14BrN3O3. The molecule has 0 radical (unpaired) electrons. The van der Waals surface area contributed by atoms with Crippen LogP contribution >= 0.6 is 15.9 Å². The molecule has 122 valence electrons. The van der Waals surface area contributed by atoms with Crippen molar-refractivity contribution in [2.75, 3.05) is 19.5 Å². The highest BCUT2D eigenvalue weighted by Gasteiger charge is 2.12. The number of rotatable bonds is 4. The number of hydrogen-bond acceptors (Lipinski definition) is 5. The van der Waals surface area contributed by atoms with E-state index >= 15 is 0 Å². The minimum Gasteiger partial charge on any atom is -0.497 e. The van der Waals surface area contributed by atoms with Crippen molar-refractivity contribution < 1.29 is 14.3 Å². The first-order valence-corrected chi connectivity index (χ1v) is 7.85. The van der Waals surface area contributed by atoms with Crippen LogP contribution in [-0.4, -0.2) is 30.1 Å². The summed E-state index contributed by atoms with van der Waals surface area (Å²) in [6, 6.07) is 10.7. The molecule has 3 aromatic rings. The third-order valence-electron chi connectivity index (χ3n) is 3.40. The number of halogens is 1. The standard InChI is InChI=1S/C17H14BrN3O3/c1-23-12-5-3-10-9-19-16(21-14(10)8-12)17(22)20-11-4-6-15(24-2)13(18)7-11/h3-9H,1-2H3,(H,20,22). The molecule has 0 unspecified atom stereocenters. The normalized spacial score (nSPS) is 10.5. The number of aromatic nitrogens is 2. The SMILES string of the molecule is COc1ccc2cnc(C(=O)Nc3ccc(OC)c(Br)c3)nc2c1. The molecule has 0 aliphatic carbocycles. The van der Waals surface area contributed by atoms with Gasteiger partial charge in [0.25, 0.3) is 5.91 Å². The minimum absolute atomic E-state index is 0.0858. The summed E-state index contributed by atoms with van der Waals surface area (Å²) in [5, 5.41) is 3.60.